The number of nitrogens with one attached hydrogen (secondary N) is 1. The summed E-state index contributed by atoms with van der Waals surface area (Å²) in [4.78, 5) is 0. The molecular formula is C10H19N3O3. The van der Waals surface area contributed by atoms with Gasteiger partial charge in [-0.25, -0.2) is 0 Å². The van der Waals surface area contributed by atoms with Crippen LogP contribution in [-0.2, 0) is 11.3 Å². The Hall–Kier alpha value is -0.950. The lowest BCUT2D eigenvalue weighted by atomic mass is 10.3. The van der Waals surface area contributed by atoms with Crippen molar-refractivity contribution in [3.63, 3.8) is 0 Å². The third kappa shape index (κ3) is 5.22. The minimum Gasteiger partial charge on any atom is -0.390 e. The Morgan fingerprint density at radius 3 is 2.75 bits per heavy atom. The van der Waals surface area contributed by atoms with E-state index in [1.807, 2.05) is 6.07 Å². The quantitative estimate of drug-likeness (QED) is 0.524. The fourth-order valence-corrected chi connectivity index (χ4v) is 1.36. The predicted molar refractivity (Wildman–Crippen MR) is 59.0 cm³/mol. The Morgan fingerprint density at radius 1 is 1.38 bits per heavy atom. The summed E-state index contributed by atoms with van der Waals surface area (Å²) in [6, 6.07) is 1.81. The van der Waals surface area contributed by atoms with Gasteiger partial charge in [0.05, 0.1) is 25.4 Å². The Labute approximate surface area is 94.8 Å². The molecule has 0 spiro atoms. The van der Waals surface area contributed by atoms with Crippen molar-refractivity contribution in [3.05, 3.63) is 18.5 Å². The molecule has 6 nitrogen and oxygen atoms in total. The molecule has 0 aliphatic heterocycles. The second-order valence-corrected chi connectivity index (χ2v) is 3.65. The zero-order valence-corrected chi connectivity index (χ0v) is 9.41. The first-order valence-electron chi connectivity index (χ1n) is 5.25. The van der Waals surface area contributed by atoms with E-state index in [9.17, 15) is 10.2 Å². The maximum Gasteiger partial charge on any atom is 0.0897 e. The molecule has 16 heavy (non-hydrogen) atoms. The first kappa shape index (κ1) is 13.1. The SMILES string of the molecule is COCC(O)CNCC(O)Cn1cccn1. The van der Waals surface area contributed by atoms with E-state index in [4.69, 9.17) is 4.74 Å². The number of aliphatic hydroxyl groups excluding tert-OH is 2. The van der Waals surface area contributed by atoms with E-state index in [1.54, 1.807) is 17.1 Å². The molecule has 0 fully saturated rings. The number of rotatable bonds is 8. The van der Waals surface area contributed by atoms with Crippen molar-refractivity contribution in [3.8, 4) is 0 Å². The first-order valence-corrected chi connectivity index (χ1v) is 5.25. The van der Waals surface area contributed by atoms with Crippen LogP contribution in [0.15, 0.2) is 18.5 Å². The molecule has 0 saturated heterocycles. The summed E-state index contributed by atoms with van der Waals surface area (Å²) in [6.45, 7) is 1.56. The van der Waals surface area contributed by atoms with Crippen LogP contribution in [0.1, 0.15) is 0 Å². The molecule has 0 aliphatic carbocycles. The van der Waals surface area contributed by atoms with Crippen LogP contribution in [0.3, 0.4) is 0 Å². The van der Waals surface area contributed by atoms with Gasteiger partial charge in [-0.3, -0.25) is 4.68 Å². The summed E-state index contributed by atoms with van der Waals surface area (Å²) in [7, 11) is 1.54. The lowest BCUT2D eigenvalue weighted by Gasteiger charge is -2.14. The molecule has 0 aromatic carbocycles. The lowest BCUT2D eigenvalue weighted by molar-refractivity contribution is 0.0607. The minimum atomic E-state index is -0.540. The van der Waals surface area contributed by atoms with Crippen molar-refractivity contribution in [1.82, 2.24) is 15.1 Å². The molecule has 2 atom stereocenters. The molecule has 1 aromatic rings. The highest BCUT2D eigenvalue weighted by Gasteiger charge is 2.07. The van der Waals surface area contributed by atoms with Gasteiger partial charge in [-0.15, -0.1) is 0 Å². The van der Waals surface area contributed by atoms with E-state index in [-0.39, 0.29) is 0 Å². The summed E-state index contributed by atoms with van der Waals surface area (Å²) >= 11 is 0. The topological polar surface area (TPSA) is 79.5 Å². The maximum absolute atomic E-state index is 9.63. The summed E-state index contributed by atoms with van der Waals surface area (Å²) < 4.78 is 6.44. The van der Waals surface area contributed by atoms with Crippen LogP contribution in [0, 0.1) is 0 Å². The Kier molecular flexibility index (Phi) is 6.02. The number of methoxy groups -OCH3 is 1. The fourth-order valence-electron chi connectivity index (χ4n) is 1.36. The molecule has 0 bridgehead atoms. The number of nitrogens with zero attached hydrogens (tertiary/aromatic N) is 2. The molecule has 0 amide bonds. The van der Waals surface area contributed by atoms with Crippen LogP contribution >= 0.6 is 0 Å². The molecule has 2 unspecified atom stereocenters. The largest absolute Gasteiger partial charge is 0.390 e. The molecule has 1 aromatic heterocycles. The van der Waals surface area contributed by atoms with Crippen LogP contribution in [0.25, 0.3) is 0 Å². The van der Waals surface area contributed by atoms with E-state index in [0.717, 1.165) is 0 Å². The number of aliphatic hydroxyl groups is 2. The van der Waals surface area contributed by atoms with Gasteiger partial charge < -0.3 is 20.3 Å². The van der Waals surface area contributed by atoms with Crippen molar-refractivity contribution >= 4 is 0 Å². The third-order valence-electron chi connectivity index (χ3n) is 2.08. The van der Waals surface area contributed by atoms with E-state index in [2.05, 4.69) is 10.4 Å². The molecule has 1 heterocycles. The molecule has 1 rings (SSSR count). The highest BCUT2D eigenvalue weighted by atomic mass is 16.5. The first-order chi connectivity index (χ1) is 7.72. The summed E-state index contributed by atoms with van der Waals surface area (Å²) in [5, 5.41) is 25.9. The summed E-state index contributed by atoms with van der Waals surface area (Å²) in [6.07, 6.45) is 2.41. The minimum absolute atomic E-state index is 0.294. The summed E-state index contributed by atoms with van der Waals surface area (Å²) in [5.74, 6) is 0. The van der Waals surface area contributed by atoms with E-state index in [1.165, 1.54) is 7.11 Å². The van der Waals surface area contributed by atoms with Crippen molar-refractivity contribution in [2.45, 2.75) is 18.8 Å². The Morgan fingerprint density at radius 2 is 2.12 bits per heavy atom. The average Bonchev–Trinajstić information content (AvgIpc) is 2.70. The third-order valence-corrected chi connectivity index (χ3v) is 2.08. The van der Waals surface area contributed by atoms with Gasteiger partial charge in [0.25, 0.3) is 0 Å². The summed E-state index contributed by atoms with van der Waals surface area (Å²) in [5.41, 5.74) is 0. The van der Waals surface area contributed by atoms with Gasteiger partial charge in [-0.1, -0.05) is 0 Å². The normalized spacial score (nSPS) is 14.9. The molecule has 6 heteroatoms. The van der Waals surface area contributed by atoms with Gasteiger partial charge in [0.1, 0.15) is 0 Å². The molecular weight excluding hydrogens is 210 g/mol. The average molecular weight is 229 g/mol. The van der Waals surface area contributed by atoms with Gasteiger partial charge in [0.15, 0.2) is 0 Å². The molecule has 0 radical (unpaired) electrons. The van der Waals surface area contributed by atoms with E-state index < -0.39 is 12.2 Å². The van der Waals surface area contributed by atoms with Crippen LogP contribution in [0.4, 0.5) is 0 Å². The van der Waals surface area contributed by atoms with Gasteiger partial charge in [-0.05, 0) is 6.07 Å². The predicted octanol–water partition coefficient (Wildman–Crippen LogP) is -1.16. The van der Waals surface area contributed by atoms with Crippen molar-refractivity contribution in [2.24, 2.45) is 0 Å². The second-order valence-electron chi connectivity index (χ2n) is 3.65. The number of hydrogen-bond acceptors (Lipinski definition) is 5. The van der Waals surface area contributed by atoms with E-state index >= 15 is 0 Å². The molecule has 0 saturated carbocycles. The Balaban J connectivity index is 2.08. The van der Waals surface area contributed by atoms with Crippen LogP contribution in [0.2, 0.25) is 0 Å². The van der Waals surface area contributed by atoms with Crippen molar-refractivity contribution in [2.75, 3.05) is 26.8 Å². The van der Waals surface area contributed by atoms with Gasteiger partial charge in [0.2, 0.25) is 0 Å². The fraction of sp³-hybridized carbons (Fsp3) is 0.700. The highest BCUT2D eigenvalue weighted by Crippen LogP contribution is 1.90. The standard InChI is InChI=1S/C10H19N3O3/c1-16-8-10(15)6-11-5-9(14)7-13-4-2-3-12-13/h2-4,9-11,14-15H,5-8H2,1H3. The molecule has 92 valence electrons. The molecule has 3 N–H and O–H groups in total. The van der Waals surface area contributed by atoms with Gasteiger partial charge in [-0.2, -0.15) is 5.10 Å². The number of ether oxygens (including phenoxy) is 1. The molecule has 0 aliphatic rings. The Bertz CT molecular complexity index is 266. The van der Waals surface area contributed by atoms with Crippen molar-refractivity contribution < 1.29 is 14.9 Å². The zero-order chi connectivity index (χ0) is 11.8. The van der Waals surface area contributed by atoms with Gasteiger partial charge >= 0.3 is 0 Å². The van der Waals surface area contributed by atoms with Crippen LogP contribution < -0.4 is 5.32 Å². The van der Waals surface area contributed by atoms with Crippen LogP contribution in [0.5, 0.6) is 0 Å². The van der Waals surface area contributed by atoms with E-state index in [0.29, 0.717) is 26.2 Å². The monoisotopic (exact) mass is 229 g/mol. The van der Waals surface area contributed by atoms with Crippen molar-refractivity contribution in [1.29, 1.82) is 0 Å². The highest BCUT2D eigenvalue weighted by molar-refractivity contribution is 4.78. The number of aromatic nitrogens is 2. The smallest absolute Gasteiger partial charge is 0.0897 e. The maximum atomic E-state index is 9.63. The number of hydrogen-bond donors (Lipinski definition) is 3. The van der Waals surface area contributed by atoms with Gasteiger partial charge in [0, 0.05) is 32.6 Å². The van der Waals surface area contributed by atoms with Crippen LogP contribution in [-0.4, -0.2) is 59.0 Å². The lowest BCUT2D eigenvalue weighted by Crippen LogP contribution is -2.36. The zero-order valence-electron chi connectivity index (χ0n) is 9.41. The second kappa shape index (κ2) is 7.34.